The number of primary sulfonamides is 1. The maximum atomic E-state index is 11.1. The summed E-state index contributed by atoms with van der Waals surface area (Å²) in [5.74, 6) is 0. The van der Waals surface area contributed by atoms with E-state index in [0.717, 1.165) is 5.69 Å². The number of hydrogen-bond acceptors (Lipinski definition) is 4. The highest BCUT2D eigenvalue weighted by Gasteiger charge is 2.10. The predicted octanol–water partition coefficient (Wildman–Crippen LogP) is 0.856. The molecule has 0 aliphatic rings. The Kier molecular flexibility index (Phi) is 4.31. The van der Waals surface area contributed by atoms with Gasteiger partial charge in [0.15, 0.2) is 0 Å². The third-order valence-corrected chi connectivity index (χ3v) is 3.59. The van der Waals surface area contributed by atoms with Crippen molar-refractivity contribution in [2.24, 2.45) is 10.9 Å². The quantitative estimate of drug-likeness (QED) is 0.768. The van der Waals surface area contributed by atoms with Crippen molar-refractivity contribution in [3.63, 3.8) is 0 Å². The van der Waals surface area contributed by atoms with Crippen LogP contribution in [0.4, 0.5) is 5.69 Å². The lowest BCUT2D eigenvalue weighted by Gasteiger charge is -2.14. The Balaban J connectivity index is 3.01. The minimum absolute atomic E-state index is 0.0744. The van der Waals surface area contributed by atoms with E-state index in [1.165, 1.54) is 12.1 Å². The molecule has 0 amide bonds. The molecule has 1 rings (SSSR count). The van der Waals surface area contributed by atoms with Crippen molar-refractivity contribution in [3.8, 4) is 0 Å². The summed E-state index contributed by atoms with van der Waals surface area (Å²) in [5.41, 5.74) is 6.26. The van der Waals surface area contributed by atoms with Crippen LogP contribution in [0.5, 0.6) is 0 Å². The standard InChI is InChI=1S/C9H14BrN3O2S/c1-6(5-11)13-9-3-2-7(4-8(9)10)16(12,14)15/h2-4,6,13H,5,11H2,1H3,(H2,12,14,15). The molecule has 5 nitrogen and oxygen atoms in total. The molecule has 0 heterocycles. The largest absolute Gasteiger partial charge is 0.380 e. The van der Waals surface area contributed by atoms with Crippen LogP contribution >= 0.6 is 15.9 Å². The third-order valence-electron chi connectivity index (χ3n) is 2.02. The van der Waals surface area contributed by atoms with Gasteiger partial charge in [0.25, 0.3) is 0 Å². The molecule has 1 unspecified atom stereocenters. The van der Waals surface area contributed by atoms with Crippen molar-refractivity contribution in [3.05, 3.63) is 22.7 Å². The van der Waals surface area contributed by atoms with Gasteiger partial charge in [0.05, 0.1) is 4.90 Å². The first-order chi connectivity index (χ1) is 7.34. The number of nitrogens with one attached hydrogen (secondary N) is 1. The van der Waals surface area contributed by atoms with Gasteiger partial charge < -0.3 is 11.1 Å². The third kappa shape index (κ3) is 3.44. The van der Waals surface area contributed by atoms with Gasteiger partial charge in [0.2, 0.25) is 10.0 Å². The lowest BCUT2D eigenvalue weighted by atomic mass is 10.2. The molecule has 0 saturated heterocycles. The number of halogens is 1. The number of benzene rings is 1. The number of sulfonamides is 1. The SMILES string of the molecule is CC(CN)Nc1ccc(S(N)(=O)=O)cc1Br. The molecule has 90 valence electrons. The second-order valence-corrected chi connectivity index (χ2v) is 5.88. The second kappa shape index (κ2) is 5.13. The summed E-state index contributed by atoms with van der Waals surface area (Å²) in [6, 6.07) is 4.67. The van der Waals surface area contributed by atoms with Crippen molar-refractivity contribution in [1.82, 2.24) is 0 Å². The van der Waals surface area contributed by atoms with Gasteiger partial charge in [-0.05, 0) is 41.1 Å². The first-order valence-corrected chi connectivity index (χ1v) is 6.97. The molecule has 0 bridgehead atoms. The maximum absolute atomic E-state index is 11.1. The van der Waals surface area contributed by atoms with Crippen molar-refractivity contribution in [2.75, 3.05) is 11.9 Å². The number of nitrogens with two attached hydrogens (primary N) is 2. The molecule has 0 saturated carbocycles. The number of anilines is 1. The van der Waals surface area contributed by atoms with Crippen LogP contribution < -0.4 is 16.2 Å². The van der Waals surface area contributed by atoms with Crippen LogP contribution in [0.25, 0.3) is 0 Å². The van der Waals surface area contributed by atoms with E-state index in [2.05, 4.69) is 21.2 Å². The lowest BCUT2D eigenvalue weighted by molar-refractivity contribution is 0.598. The minimum atomic E-state index is -3.66. The Hall–Kier alpha value is -0.630. The van der Waals surface area contributed by atoms with Crippen LogP contribution in [0, 0.1) is 0 Å². The van der Waals surface area contributed by atoms with Gasteiger partial charge >= 0.3 is 0 Å². The van der Waals surface area contributed by atoms with E-state index < -0.39 is 10.0 Å². The topological polar surface area (TPSA) is 98.2 Å². The van der Waals surface area contributed by atoms with Gasteiger partial charge in [-0.2, -0.15) is 0 Å². The van der Waals surface area contributed by atoms with Crippen LogP contribution in [0.15, 0.2) is 27.6 Å². The first kappa shape index (κ1) is 13.4. The van der Waals surface area contributed by atoms with Gasteiger partial charge in [0.1, 0.15) is 0 Å². The highest BCUT2D eigenvalue weighted by atomic mass is 79.9. The van der Waals surface area contributed by atoms with E-state index in [-0.39, 0.29) is 10.9 Å². The Morgan fingerprint density at radius 1 is 1.50 bits per heavy atom. The zero-order valence-electron chi connectivity index (χ0n) is 8.77. The van der Waals surface area contributed by atoms with E-state index in [4.69, 9.17) is 10.9 Å². The molecule has 0 radical (unpaired) electrons. The monoisotopic (exact) mass is 307 g/mol. The van der Waals surface area contributed by atoms with E-state index in [1.54, 1.807) is 6.07 Å². The van der Waals surface area contributed by atoms with Crippen LogP contribution in [0.3, 0.4) is 0 Å². The van der Waals surface area contributed by atoms with E-state index in [9.17, 15) is 8.42 Å². The zero-order chi connectivity index (χ0) is 12.3. The highest BCUT2D eigenvalue weighted by molar-refractivity contribution is 9.10. The zero-order valence-corrected chi connectivity index (χ0v) is 11.2. The molecule has 1 aromatic carbocycles. The van der Waals surface area contributed by atoms with Gasteiger partial charge in [-0.15, -0.1) is 0 Å². The summed E-state index contributed by atoms with van der Waals surface area (Å²) in [4.78, 5) is 0.0744. The average molecular weight is 308 g/mol. The molecule has 1 aromatic rings. The van der Waals surface area contributed by atoms with Gasteiger partial charge in [-0.25, -0.2) is 13.6 Å². The molecule has 0 aliphatic carbocycles. The summed E-state index contributed by atoms with van der Waals surface area (Å²) in [6.45, 7) is 2.42. The fourth-order valence-electron chi connectivity index (χ4n) is 1.11. The van der Waals surface area contributed by atoms with Crippen molar-refractivity contribution >= 4 is 31.6 Å². The molecule has 0 fully saturated rings. The summed E-state index contributed by atoms with van der Waals surface area (Å²) in [7, 11) is -3.66. The van der Waals surface area contributed by atoms with E-state index in [1.807, 2.05) is 6.92 Å². The fourth-order valence-corrected chi connectivity index (χ4v) is 2.30. The maximum Gasteiger partial charge on any atom is 0.238 e. The highest BCUT2D eigenvalue weighted by Crippen LogP contribution is 2.25. The molecule has 0 spiro atoms. The molecule has 5 N–H and O–H groups in total. The smallest absolute Gasteiger partial charge is 0.238 e. The molecular weight excluding hydrogens is 294 g/mol. The van der Waals surface area contributed by atoms with E-state index in [0.29, 0.717) is 11.0 Å². The summed E-state index contributed by atoms with van der Waals surface area (Å²) in [6.07, 6.45) is 0. The number of rotatable bonds is 4. The molecule has 0 aromatic heterocycles. The fraction of sp³-hybridized carbons (Fsp3) is 0.333. The molecule has 16 heavy (non-hydrogen) atoms. The molecular formula is C9H14BrN3O2S. The summed E-state index contributed by atoms with van der Waals surface area (Å²) < 4.78 is 22.8. The van der Waals surface area contributed by atoms with Crippen molar-refractivity contribution < 1.29 is 8.42 Å². The van der Waals surface area contributed by atoms with Crippen LogP contribution in [-0.4, -0.2) is 21.0 Å². The minimum Gasteiger partial charge on any atom is -0.380 e. The summed E-state index contributed by atoms with van der Waals surface area (Å²) in [5, 5.41) is 8.15. The Morgan fingerprint density at radius 3 is 2.56 bits per heavy atom. The molecule has 7 heteroatoms. The van der Waals surface area contributed by atoms with Crippen LogP contribution in [-0.2, 0) is 10.0 Å². The Bertz CT molecular complexity index is 476. The van der Waals surface area contributed by atoms with Gasteiger partial charge in [-0.1, -0.05) is 0 Å². The molecule has 0 aliphatic heterocycles. The van der Waals surface area contributed by atoms with Crippen LogP contribution in [0.1, 0.15) is 6.92 Å². The normalized spacial score (nSPS) is 13.5. The van der Waals surface area contributed by atoms with Crippen LogP contribution in [0.2, 0.25) is 0 Å². The van der Waals surface area contributed by atoms with E-state index >= 15 is 0 Å². The predicted molar refractivity (Wildman–Crippen MR) is 67.7 cm³/mol. The van der Waals surface area contributed by atoms with Crippen molar-refractivity contribution in [2.45, 2.75) is 17.9 Å². The Morgan fingerprint density at radius 2 is 2.12 bits per heavy atom. The van der Waals surface area contributed by atoms with Gasteiger partial charge in [0, 0.05) is 22.7 Å². The molecule has 1 atom stereocenters. The average Bonchev–Trinajstić information content (AvgIpc) is 2.19. The second-order valence-electron chi connectivity index (χ2n) is 3.47. The summed E-state index contributed by atoms with van der Waals surface area (Å²) >= 11 is 3.27. The lowest BCUT2D eigenvalue weighted by Crippen LogP contribution is -2.25. The first-order valence-electron chi connectivity index (χ1n) is 4.63. The van der Waals surface area contributed by atoms with Gasteiger partial charge in [-0.3, -0.25) is 0 Å². The Labute approximate surface area is 103 Å². The number of hydrogen-bond donors (Lipinski definition) is 3. The van der Waals surface area contributed by atoms with Crippen molar-refractivity contribution in [1.29, 1.82) is 0 Å².